The molecule has 0 fully saturated rings. The highest BCUT2D eigenvalue weighted by Crippen LogP contribution is 2.11. The van der Waals surface area contributed by atoms with Crippen molar-refractivity contribution in [1.82, 2.24) is 20.7 Å². The van der Waals surface area contributed by atoms with E-state index >= 15 is 0 Å². The molecule has 1 amide bonds. The highest BCUT2D eigenvalue weighted by atomic mass is 16.5. The fourth-order valence-electron chi connectivity index (χ4n) is 2.14. The van der Waals surface area contributed by atoms with E-state index in [0.29, 0.717) is 23.1 Å². The maximum atomic E-state index is 12.0. The predicted molar refractivity (Wildman–Crippen MR) is 87.2 cm³/mol. The first-order chi connectivity index (χ1) is 11.6. The van der Waals surface area contributed by atoms with E-state index in [9.17, 15) is 9.59 Å². The van der Waals surface area contributed by atoms with Crippen molar-refractivity contribution in [3.8, 4) is 0 Å². The highest BCUT2D eigenvalue weighted by Gasteiger charge is 2.11. The minimum Gasteiger partial charge on any atom is -0.452 e. The molecule has 1 heterocycles. The van der Waals surface area contributed by atoms with Crippen molar-refractivity contribution in [2.45, 2.75) is 13.5 Å². The maximum Gasteiger partial charge on any atom is 0.338 e. The zero-order valence-electron chi connectivity index (χ0n) is 13.1. The van der Waals surface area contributed by atoms with E-state index in [4.69, 9.17) is 4.74 Å². The number of H-pyrrole nitrogens is 1. The molecule has 3 rings (SSSR count). The van der Waals surface area contributed by atoms with Crippen molar-refractivity contribution in [3.05, 3.63) is 59.2 Å². The van der Waals surface area contributed by atoms with E-state index in [-0.39, 0.29) is 12.5 Å². The Morgan fingerprint density at radius 3 is 2.62 bits per heavy atom. The van der Waals surface area contributed by atoms with Crippen molar-refractivity contribution in [2.24, 2.45) is 0 Å². The summed E-state index contributed by atoms with van der Waals surface area (Å²) < 4.78 is 5.01. The molecule has 0 spiro atoms. The van der Waals surface area contributed by atoms with Gasteiger partial charge in [0.05, 0.1) is 5.56 Å². The van der Waals surface area contributed by atoms with Gasteiger partial charge in [0, 0.05) is 6.54 Å². The van der Waals surface area contributed by atoms with Gasteiger partial charge in [-0.1, -0.05) is 29.8 Å². The topological polar surface area (TPSA) is 97.0 Å². The van der Waals surface area contributed by atoms with Crippen LogP contribution in [0.2, 0.25) is 0 Å². The van der Waals surface area contributed by atoms with Crippen molar-refractivity contribution in [3.63, 3.8) is 0 Å². The Labute approximate surface area is 138 Å². The summed E-state index contributed by atoms with van der Waals surface area (Å²) in [6.45, 7) is 2.06. The van der Waals surface area contributed by atoms with Crippen molar-refractivity contribution >= 4 is 22.9 Å². The number of benzene rings is 2. The fraction of sp³-hybridized carbons (Fsp3) is 0.176. The van der Waals surface area contributed by atoms with Gasteiger partial charge in [-0.3, -0.25) is 4.79 Å². The lowest BCUT2D eigenvalue weighted by Crippen LogP contribution is -2.28. The summed E-state index contributed by atoms with van der Waals surface area (Å²) in [5.41, 5.74) is 3.68. The number of aryl methyl sites for hydroxylation is 1. The molecule has 3 aromatic rings. The van der Waals surface area contributed by atoms with Gasteiger partial charge < -0.3 is 10.1 Å². The summed E-state index contributed by atoms with van der Waals surface area (Å²) in [6, 6.07) is 12.6. The molecule has 0 unspecified atom stereocenters. The summed E-state index contributed by atoms with van der Waals surface area (Å²) in [7, 11) is 0. The summed E-state index contributed by atoms with van der Waals surface area (Å²) in [4.78, 5) is 23.7. The van der Waals surface area contributed by atoms with Crippen LogP contribution in [0.3, 0.4) is 0 Å². The standard InChI is InChI=1S/C17H16N4O3/c1-11-2-4-12(5-3-11)9-18-16(22)10-24-17(23)13-6-7-14-15(8-13)20-21-19-14/h2-8H,9-10H2,1H3,(H,18,22)(H,19,20,21). The third kappa shape index (κ3) is 3.75. The number of aromatic nitrogens is 3. The number of carbonyl (C=O) groups excluding carboxylic acids is 2. The fourth-order valence-corrected chi connectivity index (χ4v) is 2.14. The van der Waals surface area contributed by atoms with Crippen LogP contribution in [-0.4, -0.2) is 33.9 Å². The smallest absolute Gasteiger partial charge is 0.338 e. The number of carbonyl (C=O) groups is 2. The second-order valence-electron chi connectivity index (χ2n) is 5.37. The number of nitrogens with one attached hydrogen (secondary N) is 2. The van der Waals surface area contributed by atoms with E-state index < -0.39 is 5.97 Å². The minimum absolute atomic E-state index is 0.322. The normalized spacial score (nSPS) is 10.5. The van der Waals surface area contributed by atoms with Gasteiger partial charge in [-0.25, -0.2) is 4.79 Å². The molecule has 7 nitrogen and oxygen atoms in total. The van der Waals surface area contributed by atoms with Crippen LogP contribution in [-0.2, 0) is 16.1 Å². The second-order valence-corrected chi connectivity index (χ2v) is 5.37. The maximum absolute atomic E-state index is 12.0. The monoisotopic (exact) mass is 324 g/mol. The summed E-state index contributed by atoms with van der Waals surface area (Å²) in [6.07, 6.45) is 0. The van der Waals surface area contributed by atoms with Crippen molar-refractivity contribution in [1.29, 1.82) is 0 Å². The largest absolute Gasteiger partial charge is 0.452 e. The van der Waals surface area contributed by atoms with Crippen LogP contribution in [0.1, 0.15) is 21.5 Å². The first-order valence-electron chi connectivity index (χ1n) is 7.42. The number of aromatic amines is 1. The number of ether oxygens (including phenoxy) is 1. The SMILES string of the molecule is Cc1ccc(CNC(=O)COC(=O)c2ccc3n[nH]nc3c2)cc1. The molecule has 0 atom stereocenters. The summed E-state index contributed by atoms with van der Waals surface area (Å²) in [5, 5.41) is 13.0. The average molecular weight is 324 g/mol. The second kappa shape index (κ2) is 6.91. The molecule has 7 heteroatoms. The highest BCUT2D eigenvalue weighted by molar-refractivity contribution is 5.94. The molecular weight excluding hydrogens is 308 g/mol. The summed E-state index contributed by atoms with van der Waals surface area (Å²) >= 11 is 0. The first kappa shape index (κ1) is 15.7. The number of esters is 1. The Morgan fingerprint density at radius 1 is 1.08 bits per heavy atom. The number of rotatable bonds is 5. The molecular formula is C17H16N4O3. The lowest BCUT2D eigenvalue weighted by Gasteiger charge is -2.07. The first-order valence-corrected chi connectivity index (χ1v) is 7.42. The zero-order valence-corrected chi connectivity index (χ0v) is 13.1. The van der Waals surface area contributed by atoms with Crippen LogP contribution in [0.15, 0.2) is 42.5 Å². The van der Waals surface area contributed by atoms with Gasteiger partial charge in [0.25, 0.3) is 5.91 Å². The molecule has 2 N–H and O–H groups in total. The Hall–Kier alpha value is -3.22. The van der Waals surface area contributed by atoms with Gasteiger partial charge in [-0.15, -0.1) is 0 Å². The van der Waals surface area contributed by atoms with Gasteiger partial charge in [-0.05, 0) is 30.7 Å². The van der Waals surface area contributed by atoms with Gasteiger partial charge in [0.15, 0.2) is 6.61 Å². The van der Waals surface area contributed by atoms with E-state index in [2.05, 4.69) is 20.7 Å². The quantitative estimate of drug-likeness (QED) is 0.697. The lowest BCUT2D eigenvalue weighted by molar-refractivity contribution is -0.124. The predicted octanol–water partition coefficient (Wildman–Crippen LogP) is 1.74. The van der Waals surface area contributed by atoms with Crippen LogP contribution in [0, 0.1) is 6.92 Å². The molecule has 24 heavy (non-hydrogen) atoms. The van der Waals surface area contributed by atoms with Gasteiger partial charge in [0.1, 0.15) is 11.0 Å². The molecule has 0 bridgehead atoms. The van der Waals surface area contributed by atoms with E-state index in [1.807, 2.05) is 31.2 Å². The molecule has 1 aromatic heterocycles. The van der Waals surface area contributed by atoms with Crippen LogP contribution in [0.4, 0.5) is 0 Å². The van der Waals surface area contributed by atoms with E-state index in [0.717, 1.165) is 11.1 Å². The Balaban J connectivity index is 1.49. The van der Waals surface area contributed by atoms with Gasteiger partial charge in [-0.2, -0.15) is 15.4 Å². The molecule has 122 valence electrons. The Morgan fingerprint density at radius 2 is 1.83 bits per heavy atom. The van der Waals surface area contributed by atoms with Crippen molar-refractivity contribution < 1.29 is 14.3 Å². The molecule has 0 aliphatic heterocycles. The zero-order chi connectivity index (χ0) is 16.9. The van der Waals surface area contributed by atoms with Crippen molar-refractivity contribution in [2.75, 3.05) is 6.61 Å². The Bertz CT molecular complexity index is 871. The number of fused-ring (bicyclic) bond motifs is 1. The molecule has 0 saturated heterocycles. The van der Waals surface area contributed by atoms with Crippen LogP contribution >= 0.6 is 0 Å². The third-order valence-electron chi connectivity index (χ3n) is 3.50. The minimum atomic E-state index is -0.578. The number of amides is 1. The third-order valence-corrected chi connectivity index (χ3v) is 3.50. The van der Waals surface area contributed by atoms with E-state index in [1.54, 1.807) is 18.2 Å². The van der Waals surface area contributed by atoms with Gasteiger partial charge in [0.2, 0.25) is 0 Å². The molecule has 0 aliphatic carbocycles. The molecule has 2 aromatic carbocycles. The van der Waals surface area contributed by atoms with Crippen LogP contribution in [0.5, 0.6) is 0 Å². The lowest BCUT2D eigenvalue weighted by atomic mass is 10.1. The summed E-state index contributed by atoms with van der Waals surface area (Å²) in [5.74, 6) is -0.933. The van der Waals surface area contributed by atoms with Crippen LogP contribution in [0.25, 0.3) is 11.0 Å². The Kier molecular flexibility index (Phi) is 4.51. The van der Waals surface area contributed by atoms with E-state index in [1.165, 1.54) is 0 Å². The van der Waals surface area contributed by atoms with Gasteiger partial charge >= 0.3 is 5.97 Å². The number of nitrogens with zero attached hydrogens (tertiary/aromatic N) is 2. The van der Waals surface area contributed by atoms with Crippen LogP contribution < -0.4 is 5.32 Å². The number of hydrogen-bond acceptors (Lipinski definition) is 5. The number of hydrogen-bond donors (Lipinski definition) is 2. The average Bonchev–Trinajstić information content (AvgIpc) is 3.06. The molecule has 0 aliphatic rings. The molecule has 0 radical (unpaired) electrons. The molecule has 0 saturated carbocycles.